The van der Waals surface area contributed by atoms with Crippen LogP contribution >= 0.6 is 0 Å². The molecule has 70 heavy (non-hydrogen) atoms. The summed E-state index contributed by atoms with van der Waals surface area (Å²) in [6.07, 6.45) is 0. The first-order chi connectivity index (χ1) is 34.7. The summed E-state index contributed by atoms with van der Waals surface area (Å²) in [6.45, 7) is 0. The number of aromatic nitrogens is 4. The molecule has 3 aromatic heterocycles. The molecule has 0 amide bonds. The zero-order valence-corrected chi connectivity index (χ0v) is 37.9. The van der Waals surface area contributed by atoms with Gasteiger partial charge >= 0.3 is 0 Å². The molecule has 0 aliphatic heterocycles. The first kappa shape index (κ1) is 38.7. The molecule has 12 aromatic carbocycles. The third-order valence-corrected chi connectivity index (χ3v) is 14.7. The Hall–Kier alpha value is -9.38. The molecule has 3 heterocycles. The molecule has 0 aliphatic carbocycles. The number of fused-ring (bicyclic) bond motifs is 14. The van der Waals surface area contributed by atoms with Crippen LogP contribution in [0.1, 0.15) is 0 Å². The van der Waals surface area contributed by atoms with Crippen LogP contribution in [0.4, 0.5) is 0 Å². The van der Waals surface area contributed by atoms with Crippen LogP contribution in [0.3, 0.4) is 0 Å². The molecule has 0 unspecified atom stereocenters. The number of nitrogens with zero attached hydrogens (tertiary/aromatic N) is 4. The topological polar surface area (TPSA) is 35.6 Å². The maximum atomic E-state index is 5.41. The van der Waals surface area contributed by atoms with E-state index in [1.807, 2.05) is 0 Å². The molecule has 0 radical (unpaired) electrons. The Morgan fingerprint density at radius 2 is 0.629 bits per heavy atom. The van der Waals surface area contributed by atoms with E-state index in [0.29, 0.717) is 5.95 Å². The van der Waals surface area contributed by atoms with Crippen LogP contribution in [0.2, 0.25) is 0 Å². The van der Waals surface area contributed by atoms with Gasteiger partial charge in [-0.05, 0) is 132 Å². The highest BCUT2D eigenvalue weighted by Crippen LogP contribution is 2.41. The monoisotopic (exact) mass is 888 g/mol. The van der Waals surface area contributed by atoms with Gasteiger partial charge in [-0.25, -0.2) is 9.97 Å². The second kappa shape index (κ2) is 15.1. The minimum atomic E-state index is 0.636. The molecular weight excluding hydrogens is 849 g/mol. The fraction of sp³-hybridized carbons (Fsp3) is 0. The van der Waals surface area contributed by atoms with Crippen molar-refractivity contribution in [2.45, 2.75) is 0 Å². The highest BCUT2D eigenvalue weighted by molar-refractivity contribution is 6.26. The van der Waals surface area contributed by atoms with Gasteiger partial charge in [0.25, 0.3) is 0 Å². The van der Waals surface area contributed by atoms with Gasteiger partial charge in [-0.3, -0.25) is 4.57 Å². The fourth-order valence-electron chi connectivity index (χ4n) is 11.4. The van der Waals surface area contributed by atoms with Gasteiger partial charge in [0.1, 0.15) is 0 Å². The molecule has 4 nitrogen and oxygen atoms in total. The molecule has 0 saturated heterocycles. The average Bonchev–Trinajstić information content (AvgIpc) is 3.95. The van der Waals surface area contributed by atoms with E-state index >= 15 is 0 Å². The van der Waals surface area contributed by atoms with Crippen LogP contribution < -0.4 is 0 Å². The van der Waals surface area contributed by atoms with Gasteiger partial charge in [0.05, 0.1) is 33.5 Å². The van der Waals surface area contributed by atoms with E-state index in [9.17, 15) is 0 Å². The highest BCUT2D eigenvalue weighted by Gasteiger charge is 2.20. The molecule has 0 atom stereocenters. The van der Waals surface area contributed by atoms with Gasteiger partial charge in [-0.1, -0.05) is 176 Å². The summed E-state index contributed by atoms with van der Waals surface area (Å²) in [4.78, 5) is 10.8. The van der Waals surface area contributed by atoms with Crippen molar-refractivity contribution < 1.29 is 0 Å². The maximum absolute atomic E-state index is 5.41. The quantitative estimate of drug-likeness (QED) is 0.161. The van der Waals surface area contributed by atoms with Crippen molar-refractivity contribution in [1.29, 1.82) is 0 Å². The van der Waals surface area contributed by atoms with Crippen molar-refractivity contribution in [3.63, 3.8) is 0 Å². The van der Waals surface area contributed by atoms with E-state index in [0.717, 1.165) is 55.6 Å². The van der Waals surface area contributed by atoms with Crippen molar-refractivity contribution in [1.82, 2.24) is 19.1 Å². The Labute approximate surface area is 402 Å². The Bertz CT molecular complexity index is 4540. The number of rotatable bonds is 5. The van der Waals surface area contributed by atoms with E-state index < -0.39 is 0 Å². The summed E-state index contributed by atoms with van der Waals surface area (Å²) in [5, 5.41) is 17.2. The molecule has 0 fully saturated rings. The lowest BCUT2D eigenvalue weighted by Crippen LogP contribution is -2.04. The summed E-state index contributed by atoms with van der Waals surface area (Å²) in [6, 6.07) is 88.2. The molecule has 324 valence electrons. The standard InChI is InChI=1S/C66H40N4/c1-3-15-43-35-47(27-25-41(43)13-1)60-40-61(48-28-26-42-14-2-4-16-44(42)36-48)68-66(67-60)70-63-24-12-10-22-56(63)59-38-46(30-34-65(59)70)45-29-33-64-58(37-45)55-21-9-11-23-62(55)69(64)49-31-32-54-52-19-6-5-17-50(52)51-18-7-8-20-53(51)57(54)39-49/h1-40H. The lowest BCUT2D eigenvalue weighted by Gasteiger charge is -2.14. The third-order valence-electron chi connectivity index (χ3n) is 14.7. The van der Waals surface area contributed by atoms with Gasteiger partial charge in [-0.2, -0.15) is 0 Å². The zero-order chi connectivity index (χ0) is 45.9. The number of hydrogen-bond donors (Lipinski definition) is 0. The van der Waals surface area contributed by atoms with Crippen molar-refractivity contribution in [2.75, 3.05) is 0 Å². The van der Waals surface area contributed by atoms with Crippen LogP contribution in [0, 0.1) is 0 Å². The van der Waals surface area contributed by atoms with Crippen LogP contribution in [0.15, 0.2) is 243 Å². The molecule has 0 N–H and O–H groups in total. The third kappa shape index (κ3) is 5.90. The Balaban J connectivity index is 0.894. The molecule has 0 aliphatic rings. The van der Waals surface area contributed by atoms with Gasteiger partial charge in [0.15, 0.2) is 0 Å². The van der Waals surface area contributed by atoms with Crippen molar-refractivity contribution in [2.24, 2.45) is 0 Å². The van der Waals surface area contributed by atoms with Gasteiger partial charge in [0.2, 0.25) is 5.95 Å². The summed E-state index contributed by atoms with van der Waals surface area (Å²) in [5.41, 5.74) is 11.8. The normalized spacial score (nSPS) is 12.0. The summed E-state index contributed by atoms with van der Waals surface area (Å²) < 4.78 is 4.68. The summed E-state index contributed by atoms with van der Waals surface area (Å²) in [7, 11) is 0. The van der Waals surface area contributed by atoms with E-state index in [1.54, 1.807) is 0 Å². The Morgan fingerprint density at radius 3 is 1.17 bits per heavy atom. The predicted molar refractivity (Wildman–Crippen MR) is 295 cm³/mol. The predicted octanol–water partition coefficient (Wildman–Crippen LogP) is 17.4. The molecular formula is C66H40N4. The van der Waals surface area contributed by atoms with Crippen molar-refractivity contribution in [3.8, 4) is 45.3 Å². The van der Waals surface area contributed by atoms with Crippen LogP contribution in [-0.4, -0.2) is 19.1 Å². The van der Waals surface area contributed by atoms with Gasteiger partial charge in [-0.15, -0.1) is 0 Å². The second-order valence-electron chi connectivity index (χ2n) is 18.6. The highest BCUT2D eigenvalue weighted by atomic mass is 15.2. The van der Waals surface area contributed by atoms with E-state index in [-0.39, 0.29) is 0 Å². The lowest BCUT2D eigenvalue weighted by atomic mass is 9.94. The number of benzene rings is 12. The molecule has 0 bridgehead atoms. The molecule has 4 heteroatoms. The van der Waals surface area contributed by atoms with Crippen LogP contribution in [0.25, 0.3) is 143 Å². The summed E-state index contributed by atoms with van der Waals surface area (Å²) in [5.74, 6) is 0.636. The van der Waals surface area contributed by atoms with Crippen molar-refractivity contribution >= 4 is 97.5 Å². The van der Waals surface area contributed by atoms with E-state index in [4.69, 9.17) is 9.97 Å². The minimum absolute atomic E-state index is 0.636. The maximum Gasteiger partial charge on any atom is 0.235 e. The first-order valence-corrected chi connectivity index (χ1v) is 24.0. The van der Waals surface area contributed by atoms with Gasteiger partial charge < -0.3 is 4.57 Å². The van der Waals surface area contributed by atoms with Gasteiger partial charge in [0, 0.05) is 38.4 Å². The molecule has 0 saturated carbocycles. The zero-order valence-electron chi connectivity index (χ0n) is 37.9. The Kier molecular flexibility index (Phi) is 8.33. The Morgan fingerprint density at radius 1 is 0.229 bits per heavy atom. The second-order valence-corrected chi connectivity index (χ2v) is 18.6. The molecule has 0 spiro atoms. The SMILES string of the molecule is c1ccc2cc(-c3cc(-c4ccc5ccccc5c4)nc(-n4c5ccccc5c5cc(-c6ccc7c(c6)c6ccccc6n7-c6ccc7c8ccccc8c8ccccc8c7c6)ccc54)n3)ccc2c1. The lowest BCUT2D eigenvalue weighted by molar-refractivity contribution is 0.996. The smallest absolute Gasteiger partial charge is 0.235 e. The average molecular weight is 889 g/mol. The minimum Gasteiger partial charge on any atom is -0.309 e. The van der Waals surface area contributed by atoms with Crippen LogP contribution in [0.5, 0.6) is 0 Å². The molecule has 15 aromatic rings. The summed E-state index contributed by atoms with van der Waals surface area (Å²) >= 11 is 0. The number of para-hydroxylation sites is 2. The molecule has 15 rings (SSSR count). The van der Waals surface area contributed by atoms with E-state index in [1.165, 1.54) is 81.2 Å². The number of hydrogen-bond acceptors (Lipinski definition) is 2. The van der Waals surface area contributed by atoms with E-state index in [2.05, 4.69) is 252 Å². The largest absolute Gasteiger partial charge is 0.309 e. The van der Waals surface area contributed by atoms with Crippen LogP contribution in [-0.2, 0) is 0 Å². The van der Waals surface area contributed by atoms with Crippen molar-refractivity contribution in [3.05, 3.63) is 243 Å². The fourth-order valence-corrected chi connectivity index (χ4v) is 11.4. The first-order valence-electron chi connectivity index (χ1n) is 24.0.